The number of rotatable bonds is 7. The number of carbonyl (C=O) groups excluding carboxylic acids is 1. The molecule has 1 unspecified atom stereocenters. The Bertz CT molecular complexity index is 202. The maximum Gasteiger partial charge on any atom is 0.307 e. The molecular weight excluding hydrogens is 206 g/mol. The second-order valence-electron chi connectivity index (χ2n) is 4.41. The Balaban J connectivity index is 1.95. The predicted molar refractivity (Wildman–Crippen MR) is 62.3 cm³/mol. The van der Waals surface area contributed by atoms with E-state index in [1.54, 1.807) is 0 Å². The summed E-state index contributed by atoms with van der Waals surface area (Å²) >= 11 is 0. The molecule has 1 fully saturated rings. The predicted octanol–water partition coefficient (Wildman–Crippen LogP) is 1.49. The third-order valence-electron chi connectivity index (χ3n) is 2.95. The molecule has 0 amide bonds. The van der Waals surface area contributed by atoms with Crippen LogP contribution in [-0.2, 0) is 14.3 Å². The maximum atomic E-state index is 11.0. The van der Waals surface area contributed by atoms with Crippen molar-refractivity contribution in [3.63, 3.8) is 0 Å². The van der Waals surface area contributed by atoms with Crippen LogP contribution in [0.5, 0.6) is 0 Å². The van der Waals surface area contributed by atoms with Gasteiger partial charge in [-0.15, -0.1) is 0 Å². The van der Waals surface area contributed by atoms with Crippen LogP contribution >= 0.6 is 0 Å². The van der Waals surface area contributed by atoms with Gasteiger partial charge in [0, 0.05) is 12.6 Å². The Kier molecular flexibility index (Phi) is 6.42. The van der Waals surface area contributed by atoms with Crippen LogP contribution in [-0.4, -0.2) is 38.4 Å². The minimum absolute atomic E-state index is 0.152. The van der Waals surface area contributed by atoms with Gasteiger partial charge in [-0.2, -0.15) is 0 Å². The van der Waals surface area contributed by atoms with Gasteiger partial charge >= 0.3 is 5.97 Å². The Labute approximate surface area is 97.7 Å². The Morgan fingerprint density at radius 2 is 2.12 bits per heavy atom. The van der Waals surface area contributed by atoms with Crippen molar-refractivity contribution in [2.24, 2.45) is 0 Å². The van der Waals surface area contributed by atoms with E-state index < -0.39 is 0 Å². The van der Waals surface area contributed by atoms with Gasteiger partial charge in [0.25, 0.3) is 0 Å². The molecule has 1 saturated carbocycles. The van der Waals surface area contributed by atoms with Crippen LogP contribution < -0.4 is 5.32 Å². The molecule has 0 saturated heterocycles. The molecule has 0 radical (unpaired) electrons. The summed E-state index contributed by atoms with van der Waals surface area (Å²) in [5.41, 5.74) is 0. The third kappa shape index (κ3) is 5.47. The van der Waals surface area contributed by atoms with Crippen LogP contribution in [0.3, 0.4) is 0 Å². The van der Waals surface area contributed by atoms with Gasteiger partial charge in [-0.25, -0.2) is 0 Å². The number of nitrogens with one attached hydrogen (secondary N) is 1. The average Bonchev–Trinajstić information content (AvgIpc) is 2.77. The highest BCUT2D eigenvalue weighted by Crippen LogP contribution is 2.20. The van der Waals surface area contributed by atoms with E-state index in [0.29, 0.717) is 12.5 Å². The van der Waals surface area contributed by atoms with Gasteiger partial charge in [0.15, 0.2) is 0 Å². The van der Waals surface area contributed by atoms with E-state index in [9.17, 15) is 4.79 Å². The molecule has 4 nitrogen and oxygen atoms in total. The molecule has 16 heavy (non-hydrogen) atoms. The topological polar surface area (TPSA) is 47.6 Å². The highest BCUT2D eigenvalue weighted by atomic mass is 16.5. The summed E-state index contributed by atoms with van der Waals surface area (Å²) in [6, 6.07) is 0.152. The lowest BCUT2D eigenvalue weighted by Gasteiger charge is -2.14. The number of methoxy groups -OCH3 is 1. The fourth-order valence-corrected chi connectivity index (χ4v) is 1.99. The molecule has 0 bridgehead atoms. The fourth-order valence-electron chi connectivity index (χ4n) is 1.99. The van der Waals surface area contributed by atoms with E-state index in [-0.39, 0.29) is 12.0 Å². The molecule has 4 heteroatoms. The summed E-state index contributed by atoms with van der Waals surface area (Å²) in [4.78, 5) is 11.0. The molecule has 0 aromatic heterocycles. The van der Waals surface area contributed by atoms with Crippen molar-refractivity contribution in [2.45, 2.75) is 51.2 Å². The van der Waals surface area contributed by atoms with Crippen LogP contribution in [0.1, 0.15) is 39.0 Å². The summed E-state index contributed by atoms with van der Waals surface area (Å²) < 4.78 is 10.3. The first kappa shape index (κ1) is 13.5. The quantitative estimate of drug-likeness (QED) is 0.531. The Morgan fingerprint density at radius 3 is 2.75 bits per heavy atom. The molecule has 1 atom stereocenters. The summed E-state index contributed by atoms with van der Waals surface area (Å²) in [5.74, 6) is -0.170. The molecule has 1 N–H and O–H groups in total. The Morgan fingerprint density at radius 1 is 1.44 bits per heavy atom. The zero-order valence-electron chi connectivity index (χ0n) is 10.3. The number of carbonyl (C=O) groups is 1. The smallest absolute Gasteiger partial charge is 0.307 e. The molecule has 1 aliphatic rings. The van der Waals surface area contributed by atoms with Gasteiger partial charge in [-0.05, 0) is 19.8 Å². The van der Waals surface area contributed by atoms with E-state index in [0.717, 1.165) is 13.2 Å². The highest BCUT2D eigenvalue weighted by molar-refractivity contribution is 5.69. The van der Waals surface area contributed by atoms with Crippen molar-refractivity contribution in [2.75, 3.05) is 20.3 Å². The van der Waals surface area contributed by atoms with Crippen LogP contribution in [0.4, 0.5) is 0 Å². The number of esters is 1. The summed E-state index contributed by atoms with van der Waals surface area (Å²) in [6.45, 7) is 3.51. The lowest BCUT2D eigenvalue weighted by atomic mass is 10.2. The second-order valence-corrected chi connectivity index (χ2v) is 4.41. The monoisotopic (exact) mass is 229 g/mol. The van der Waals surface area contributed by atoms with Gasteiger partial charge in [0.05, 0.1) is 26.2 Å². The van der Waals surface area contributed by atoms with Gasteiger partial charge < -0.3 is 14.8 Å². The van der Waals surface area contributed by atoms with Gasteiger partial charge in [-0.1, -0.05) is 12.8 Å². The molecule has 0 aromatic carbocycles. The normalized spacial score (nSPS) is 18.6. The summed E-state index contributed by atoms with van der Waals surface area (Å²) in [7, 11) is 1.41. The van der Waals surface area contributed by atoms with Gasteiger partial charge in [0.1, 0.15) is 0 Å². The van der Waals surface area contributed by atoms with Crippen LogP contribution in [0.15, 0.2) is 0 Å². The van der Waals surface area contributed by atoms with Crippen molar-refractivity contribution in [1.29, 1.82) is 0 Å². The molecule has 0 aromatic rings. The first-order valence-electron chi connectivity index (χ1n) is 6.14. The molecule has 0 heterocycles. The van der Waals surface area contributed by atoms with E-state index in [4.69, 9.17) is 4.74 Å². The average molecular weight is 229 g/mol. The van der Waals surface area contributed by atoms with E-state index in [1.165, 1.54) is 32.8 Å². The van der Waals surface area contributed by atoms with E-state index in [1.807, 2.05) is 6.92 Å². The number of ether oxygens (including phenoxy) is 2. The first-order valence-corrected chi connectivity index (χ1v) is 6.14. The van der Waals surface area contributed by atoms with Crippen molar-refractivity contribution in [1.82, 2.24) is 5.32 Å². The van der Waals surface area contributed by atoms with Crippen molar-refractivity contribution in [3.8, 4) is 0 Å². The van der Waals surface area contributed by atoms with Gasteiger partial charge in [0.2, 0.25) is 0 Å². The first-order chi connectivity index (χ1) is 7.72. The van der Waals surface area contributed by atoms with Gasteiger partial charge in [-0.3, -0.25) is 4.79 Å². The maximum absolute atomic E-state index is 11.0. The zero-order valence-corrected chi connectivity index (χ0v) is 10.3. The van der Waals surface area contributed by atoms with E-state index in [2.05, 4.69) is 10.1 Å². The van der Waals surface area contributed by atoms with Crippen LogP contribution in [0.25, 0.3) is 0 Å². The number of hydrogen-bond donors (Lipinski definition) is 1. The zero-order chi connectivity index (χ0) is 11.8. The summed E-state index contributed by atoms with van der Waals surface area (Å²) in [5, 5.41) is 3.25. The largest absolute Gasteiger partial charge is 0.469 e. The lowest BCUT2D eigenvalue weighted by molar-refractivity contribution is -0.141. The minimum atomic E-state index is -0.170. The molecular formula is C12H23NO3. The minimum Gasteiger partial charge on any atom is -0.469 e. The standard InChI is InChI=1S/C12H23NO3/c1-10(9-12(14)15-2)13-7-8-16-11-5-3-4-6-11/h10-11,13H,3-9H2,1-2H3. The third-order valence-corrected chi connectivity index (χ3v) is 2.95. The SMILES string of the molecule is COC(=O)CC(C)NCCOC1CCCC1. The lowest BCUT2D eigenvalue weighted by Crippen LogP contribution is -2.32. The number of hydrogen-bond acceptors (Lipinski definition) is 4. The summed E-state index contributed by atoms with van der Waals surface area (Å²) in [6.07, 6.45) is 5.90. The van der Waals surface area contributed by atoms with Crippen molar-refractivity contribution < 1.29 is 14.3 Å². The molecule has 1 aliphatic carbocycles. The molecule has 0 aliphatic heterocycles. The van der Waals surface area contributed by atoms with E-state index >= 15 is 0 Å². The second kappa shape index (κ2) is 7.63. The Hall–Kier alpha value is -0.610. The molecule has 94 valence electrons. The molecule has 1 rings (SSSR count). The molecule has 0 spiro atoms. The van der Waals surface area contributed by atoms with Crippen LogP contribution in [0, 0.1) is 0 Å². The van der Waals surface area contributed by atoms with Crippen molar-refractivity contribution >= 4 is 5.97 Å². The fraction of sp³-hybridized carbons (Fsp3) is 0.917. The van der Waals surface area contributed by atoms with Crippen molar-refractivity contribution in [3.05, 3.63) is 0 Å². The highest BCUT2D eigenvalue weighted by Gasteiger charge is 2.15. The van der Waals surface area contributed by atoms with Crippen LogP contribution in [0.2, 0.25) is 0 Å².